The number of pyridine rings is 1. The molecule has 2 fully saturated rings. The molecule has 1 aliphatic heterocycles. The molecule has 2 amide bonds. The number of primary sulfonamides is 1. The van der Waals surface area contributed by atoms with Crippen molar-refractivity contribution in [2.45, 2.75) is 57.2 Å². The highest BCUT2D eigenvalue weighted by atomic mass is 32.2. The molecule has 0 aromatic carbocycles. The fraction of sp³-hybridized carbons (Fsp3) is 0.739. The van der Waals surface area contributed by atoms with Gasteiger partial charge in [-0.3, -0.25) is 9.88 Å². The molecule has 0 spiro atoms. The zero-order chi connectivity index (χ0) is 24.3. The summed E-state index contributed by atoms with van der Waals surface area (Å²) in [7, 11) is -3.52. The van der Waals surface area contributed by atoms with E-state index in [1.165, 1.54) is 0 Å². The molecule has 2 aliphatic rings. The van der Waals surface area contributed by atoms with Gasteiger partial charge in [0.25, 0.3) is 0 Å². The van der Waals surface area contributed by atoms with E-state index in [9.17, 15) is 13.2 Å². The Bertz CT molecular complexity index is 845. The minimum atomic E-state index is -3.52. The van der Waals surface area contributed by atoms with Gasteiger partial charge in [-0.15, -0.1) is 0 Å². The summed E-state index contributed by atoms with van der Waals surface area (Å²) in [6.07, 6.45) is 9.09. The standard InChI is InChI=1S/C23H39N5O5S/c24-34(30,31)17-4-3-9-23(21-7-1-2-8-21,33-16-13-28-11-14-32-15-12-28)27-22(29)26-19-20-6-5-10-25-18-20/h5-6,10,18,21H,1-4,7-9,11-17,19H2,(H2,24,30,31)(H2,26,27,29). The second-order valence-corrected chi connectivity index (χ2v) is 10.9. The summed E-state index contributed by atoms with van der Waals surface area (Å²) in [6, 6.07) is 3.44. The molecular formula is C23H39N5O5S. The van der Waals surface area contributed by atoms with Crippen molar-refractivity contribution >= 4 is 16.1 Å². The minimum Gasteiger partial charge on any atom is -0.379 e. The van der Waals surface area contributed by atoms with Crippen molar-refractivity contribution in [1.82, 2.24) is 20.5 Å². The molecule has 0 radical (unpaired) electrons. The normalized spacial score (nSPS) is 19.6. The average Bonchev–Trinajstić information content (AvgIpc) is 3.37. The zero-order valence-electron chi connectivity index (χ0n) is 19.9. The Kier molecular flexibility index (Phi) is 10.5. The Balaban J connectivity index is 1.66. The monoisotopic (exact) mass is 497 g/mol. The fourth-order valence-electron chi connectivity index (χ4n) is 4.78. The van der Waals surface area contributed by atoms with Crippen LogP contribution in [0.5, 0.6) is 0 Å². The molecule has 1 atom stereocenters. The Hall–Kier alpha value is -1.79. The quantitative estimate of drug-likeness (QED) is 0.278. The van der Waals surface area contributed by atoms with E-state index in [1.807, 2.05) is 12.1 Å². The van der Waals surface area contributed by atoms with Gasteiger partial charge in [0, 0.05) is 44.5 Å². The molecule has 10 nitrogen and oxygen atoms in total. The molecular weight excluding hydrogens is 458 g/mol. The second kappa shape index (κ2) is 13.3. The number of hydrogen-bond acceptors (Lipinski definition) is 7. The predicted octanol–water partition coefficient (Wildman–Crippen LogP) is 1.57. The third kappa shape index (κ3) is 9.10. The van der Waals surface area contributed by atoms with Crippen LogP contribution in [-0.4, -0.2) is 75.3 Å². The van der Waals surface area contributed by atoms with Crippen LogP contribution in [0, 0.1) is 5.92 Å². The van der Waals surface area contributed by atoms with Crippen molar-refractivity contribution in [3.05, 3.63) is 30.1 Å². The summed E-state index contributed by atoms with van der Waals surface area (Å²) in [5.74, 6) is 0.102. The van der Waals surface area contributed by atoms with Crippen LogP contribution in [0.4, 0.5) is 4.79 Å². The molecule has 11 heteroatoms. The van der Waals surface area contributed by atoms with Crippen LogP contribution in [0.25, 0.3) is 0 Å². The third-order valence-electron chi connectivity index (χ3n) is 6.61. The van der Waals surface area contributed by atoms with E-state index >= 15 is 0 Å². The number of unbranched alkanes of at least 4 members (excludes halogenated alkanes) is 1. The molecule has 1 unspecified atom stereocenters. The van der Waals surface area contributed by atoms with Gasteiger partial charge in [0.05, 0.1) is 25.6 Å². The van der Waals surface area contributed by atoms with E-state index in [0.717, 1.165) is 64.1 Å². The van der Waals surface area contributed by atoms with Crippen LogP contribution in [0.15, 0.2) is 24.5 Å². The van der Waals surface area contributed by atoms with Crippen LogP contribution in [-0.2, 0) is 26.0 Å². The SMILES string of the molecule is NS(=O)(=O)CCCCC(NC(=O)NCc1cccnc1)(OCCN1CCOCC1)C1CCCC1. The molecule has 3 rings (SSSR count). The van der Waals surface area contributed by atoms with Gasteiger partial charge in [-0.25, -0.2) is 18.4 Å². The molecule has 192 valence electrons. The van der Waals surface area contributed by atoms with Gasteiger partial charge in [-0.1, -0.05) is 18.9 Å². The van der Waals surface area contributed by atoms with Gasteiger partial charge in [0.15, 0.2) is 0 Å². The van der Waals surface area contributed by atoms with Crippen LogP contribution in [0.3, 0.4) is 0 Å². The zero-order valence-corrected chi connectivity index (χ0v) is 20.7. The number of morpholine rings is 1. The van der Waals surface area contributed by atoms with Gasteiger partial charge in [-0.2, -0.15) is 0 Å². The van der Waals surface area contributed by atoms with E-state index in [0.29, 0.717) is 32.4 Å². The maximum absolute atomic E-state index is 13.0. The van der Waals surface area contributed by atoms with Gasteiger partial charge < -0.3 is 20.1 Å². The van der Waals surface area contributed by atoms with Crippen molar-refractivity contribution in [1.29, 1.82) is 0 Å². The molecule has 1 aromatic rings. The summed E-state index contributed by atoms with van der Waals surface area (Å²) in [6.45, 7) is 4.77. The summed E-state index contributed by atoms with van der Waals surface area (Å²) in [5, 5.41) is 11.3. The molecule has 0 bridgehead atoms. The van der Waals surface area contributed by atoms with E-state index < -0.39 is 15.7 Å². The van der Waals surface area contributed by atoms with Crippen molar-refractivity contribution < 1.29 is 22.7 Å². The number of carbonyl (C=O) groups excluding carboxylic acids is 1. The van der Waals surface area contributed by atoms with E-state index in [2.05, 4.69) is 20.5 Å². The number of carbonyl (C=O) groups is 1. The number of sulfonamides is 1. The smallest absolute Gasteiger partial charge is 0.317 e. The predicted molar refractivity (Wildman–Crippen MR) is 129 cm³/mol. The minimum absolute atomic E-state index is 0.0747. The number of aromatic nitrogens is 1. The number of ether oxygens (including phenoxy) is 2. The number of nitrogens with zero attached hydrogens (tertiary/aromatic N) is 2. The van der Waals surface area contributed by atoms with Gasteiger partial charge >= 0.3 is 6.03 Å². The third-order valence-corrected chi connectivity index (χ3v) is 7.47. The Morgan fingerprint density at radius 1 is 1.26 bits per heavy atom. The lowest BCUT2D eigenvalue weighted by atomic mass is 9.89. The maximum atomic E-state index is 13.0. The van der Waals surface area contributed by atoms with E-state index in [4.69, 9.17) is 14.6 Å². The van der Waals surface area contributed by atoms with E-state index in [-0.39, 0.29) is 17.7 Å². The number of urea groups is 1. The summed E-state index contributed by atoms with van der Waals surface area (Å²) in [4.78, 5) is 19.4. The summed E-state index contributed by atoms with van der Waals surface area (Å²) >= 11 is 0. The summed E-state index contributed by atoms with van der Waals surface area (Å²) < 4.78 is 34.8. The molecule has 1 saturated heterocycles. The largest absolute Gasteiger partial charge is 0.379 e. The Morgan fingerprint density at radius 3 is 2.71 bits per heavy atom. The van der Waals surface area contributed by atoms with E-state index in [1.54, 1.807) is 12.4 Å². The van der Waals surface area contributed by atoms with Crippen LogP contribution in [0.2, 0.25) is 0 Å². The Morgan fingerprint density at radius 2 is 2.03 bits per heavy atom. The molecule has 1 aromatic heterocycles. The highest BCUT2D eigenvalue weighted by Crippen LogP contribution is 2.38. The topological polar surface area (TPSA) is 136 Å². The first-order valence-electron chi connectivity index (χ1n) is 12.3. The van der Waals surface area contributed by atoms with Crippen LogP contribution >= 0.6 is 0 Å². The first kappa shape index (κ1) is 26.8. The fourth-order valence-corrected chi connectivity index (χ4v) is 5.39. The highest BCUT2D eigenvalue weighted by Gasteiger charge is 2.42. The number of rotatable bonds is 13. The highest BCUT2D eigenvalue weighted by molar-refractivity contribution is 7.89. The van der Waals surface area contributed by atoms with Crippen molar-refractivity contribution in [3.63, 3.8) is 0 Å². The van der Waals surface area contributed by atoms with Crippen LogP contribution < -0.4 is 15.8 Å². The number of nitrogens with one attached hydrogen (secondary N) is 2. The van der Waals surface area contributed by atoms with Gasteiger partial charge in [0.2, 0.25) is 10.0 Å². The van der Waals surface area contributed by atoms with Crippen LogP contribution in [0.1, 0.15) is 50.5 Å². The second-order valence-electron chi connectivity index (χ2n) is 9.17. The van der Waals surface area contributed by atoms with Crippen molar-refractivity contribution in [3.8, 4) is 0 Å². The first-order valence-corrected chi connectivity index (χ1v) is 14.0. The van der Waals surface area contributed by atoms with Gasteiger partial charge in [0.1, 0.15) is 5.72 Å². The lowest BCUT2D eigenvalue weighted by molar-refractivity contribution is -0.115. The number of nitrogens with two attached hydrogens (primary N) is 1. The lowest BCUT2D eigenvalue weighted by Gasteiger charge is -2.41. The molecule has 4 N–H and O–H groups in total. The molecule has 34 heavy (non-hydrogen) atoms. The first-order chi connectivity index (χ1) is 16.4. The average molecular weight is 498 g/mol. The van der Waals surface area contributed by atoms with Crippen molar-refractivity contribution in [2.75, 3.05) is 45.2 Å². The van der Waals surface area contributed by atoms with Crippen molar-refractivity contribution in [2.24, 2.45) is 11.1 Å². The van der Waals surface area contributed by atoms with Gasteiger partial charge in [-0.05, 0) is 43.7 Å². The maximum Gasteiger partial charge on any atom is 0.317 e. The lowest BCUT2D eigenvalue weighted by Crippen LogP contribution is -2.58. The molecule has 2 heterocycles. The summed E-state index contributed by atoms with van der Waals surface area (Å²) in [5.41, 5.74) is 0.0608. The number of amides is 2. The Labute approximate surface area is 203 Å². The number of hydrogen-bond donors (Lipinski definition) is 3. The molecule has 1 aliphatic carbocycles. The molecule has 1 saturated carbocycles.